The van der Waals surface area contributed by atoms with E-state index in [9.17, 15) is 4.79 Å². The number of hydrogen-bond acceptors (Lipinski definition) is 3. The summed E-state index contributed by atoms with van der Waals surface area (Å²) in [6.45, 7) is 9.00. The van der Waals surface area contributed by atoms with Crippen LogP contribution in [0.1, 0.15) is 34.1 Å². The molecule has 1 aliphatic heterocycles. The van der Waals surface area contributed by atoms with E-state index in [-0.39, 0.29) is 30.0 Å². The maximum atomic E-state index is 12.3. The van der Waals surface area contributed by atoms with Crippen molar-refractivity contribution in [3.05, 3.63) is 0 Å². The minimum atomic E-state index is -0.277. The van der Waals surface area contributed by atoms with Gasteiger partial charge in [0.2, 0.25) is 5.91 Å². The maximum Gasteiger partial charge on any atom is 0.241 e. The minimum absolute atomic E-state index is 0.0790. The molecule has 1 atom stereocenters. The standard InChI is InChI=1S/C12H21N3O/c1-9(2)15-11(16)10(6-7-13)14(5)8-12(15,3)4/h9-10H,6,8H2,1-5H3. The molecule has 1 aliphatic rings. The van der Waals surface area contributed by atoms with E-state index in [0.29, 0.717) is 0 Å². The molecule has 0 aliphatic carbocycles. The molecule has 0 aromatic heterocycles. The largest absolute Gasteiger partial charge is 0.332 e. The van der Waals surface area contributed by atoms with Crippen molar-refractivity contribution >= 4 is 5.91 Å². The summed E-state index contributed by atoms with van der Waals surface area (Å²) in [5, 5.41) is 8.76. The van der Waals surface area contributed by atoms with Crippen LogP contribution in [-0.2, 0) is 4.79 Å². The summed E-state index contributed by atoms with van der Waals surface area (Å²) < 4.78 is 0. The molecule has 1 fully saturated rings. The minimum Gasteiger partial charge on any atom is -0.332 e. The second-order valence-electron chi connectivity index (χ2n) is 5.41. The first-order valence-electron chi connectivity index (χ1n) is 5.71. The molecular weight excluding hydrogens is 202 g/mol. The van der Waals surface area contributed by atoms with Crippen LogP contribution in [0.4, 0.5) is 0 Å². The van der Waals surface area contributed by atoms with Crippen molar-refractivity contribution in [2.24, 2.45) is 0 Å². The molecule has 90 valence electrons. The molecule has 16 heavy (non-hydrogen) atoms. The van der Waals surface area contributed by atoms with E-state index < -0.39 is 0 Å². The van der Waals surface area contributed by atoms with Gasteiger partial charge in [-0.3, -0.25) is 9.69 Å². The van der Waals surface area contributed by atoms with Crippen LogP contribution in [0.25, 0.3) is 0 Å². The second-order valence-corrected chi connectivity index (χ2v) is 5.41. The van der Waals surface area contributed by atoms with Gasteiger partial charge in [0.1, 0.15) is 6.04 Å². The van der Waals surface area contributed by atoms with E-state index in [2.05, 4.69) is 19.9 Å². The Morgan fingerprint density at radius 2 is 2.12 bits per heavy atom. The number of amides is 1. The van der Waals surface area contributed by atoms with Crippen LogP contribution in [0.15, 0.2) is 0 Å². The molecule has 0 N–H and O–H groups in total. The molecule has 0 bridgehead atoms. The van der Waals surface area contributed by atoms with Gasteiger partial charge in [0.05, 0.1) is 18.0 Å². The lowest BCUT2D eigenvalue weighted by atomic mass is 9.92. The van der Waals surface area contributed by atoms with E-state index in [4.69, 9.17) is 5.26 Å². The summed E-state index contributed by atoms with van der Waals surface area (Å²) in [6.07, 6.45) is 0.272. The summed E-state index contributed by atoms with van der Waals surface area (Å²) in [7, 11) is 1.92. The van der Waals surface area contributed by atoms with Crippen molar-refractivity contribution in [3.8, 4) is 6.07 Å². The normalized spacial score (nSPS) is 25.9. The van der Waals surface area contributed by atoms with Crippen molar-refractivity contribution in [2.45, 2.75) is 51.7 Å². The zero-order valence-corrected chi connectivity index (χ0v) is 10.8. The summed E-state index contributed by atoms with van der Waals surface area (Å²) in [5.74, 6) is 0.0790. The van der Waals surface area contributed by atoms with Gasteiger partial charge in [0.25, 0.3) is 0 Å². The number of rotatable bonds is 2. The molecule has 1 rings (SSSR count). The number of piperazine rings is 1. The van der Waals surface area contributed by atoms with Crippen LogP contribution in [0.2, 0.25) is 0 Å². The van der Waals surface area contributed by atoms with Crippen molar-refractivity contribution < 1.29 is 4.79 Å². The number of carbonyl (C=O) groups excluding carboxylic acids is 1. The van der Waals surface area contributed by atoms with Crippen molar-refractivity contribution in [2.75, 3.05) is 13.6 Å². The fourth-order valence-electron chi connectivity index (χ4n) is 2.73. The fraction of sp³-hybridized carbons (Fsp3) is 0.833. The zero-order chi connectivity index (χ0) is 12.5. The second kappa shape index (κ2) is 4.42. The first-order valence-corrected chi connectivity index (χ1v) is 5.71. The average molecular weight is 223 g/mol. The molecular formula is C12H21N3O. The van der Waals surface area contributed by atoms with Crippen LogP contribution in [0.3, 0.4) is 0 Å². The average Bonchev–Trinajstić information content (AvgIpc) is 2.09. The van der Waals surface area contributed by atoms with Gasteiger partial charge in [-0.1, -0.05) is 0 Å². The Balaban J connectivity index is 3.00. The molecule has 1 amide bonds. The van der Waals surface area contributed by atoms with Gasteiger partial charge in [0, 0.05) is 12.6 Å². The number of hydrogen-bond donors (Lipinski definition) is 0. The first kappa shape index (κ1) is 13.0. The Morgan fingerprint density at radius 3 is 2.56 bits per heavy atom. The number of nitriles is 1. The Kier molecular flexibility index (Phi) is 3.59. The topological polar surface area (TPSA) is 47.3 Å². The molecule has 0 aromatic rings. The Morgan fingerprint density at radius 1 is 1.56 bits per heavy atom. The summed E-state index contributed by atoms with van der Waals surface area (Å²) in [4.78, 5) is 16.2. The number of carbonyl (C=O) groups is 1. The summed E-state index contributed by atoms with van der Waals surface area (Å²) in [6, 6.07) is 2.00. The SMILES string of the molecule is CC(C)N1C(=O)C(CC#N)N(C)CC1(C)C. The number of nitrogens with zero attached hydrogens (tertiary/aromatic N) is 3. The lowest BCUT2D eigenvalue weighted by molar-refractivity contribution is -0.153. The number of likely N-dealkylation sites (N-methyl/N-ethyl adjacent to an activating group) is 1. The zero-order valence-electron chi connectivity index (χ0n) is 10.8. The molecule has 4 nitrogen and oxygen atoms in total. The van der Waals surface area contributed by atoms with Gasteiger partial charge in [-0.25, -0.2) is 0 Å². The smallest absolute Gasteiger partial charge is 0.241 e. The van der Waals surface area contributed by atoms with Crippen molar-refractivity contribution in [1.29, 1.82) is 5.26 Å². The predicted molar refractivity (Wildman–Crippen MR) is 62.7 cm³/mol. The molecule has 0 radical (unpaired) electrons. The quantitative estimate of drug-likeness (QED) is 0.707. The molecule has 4 heteroatoms. The Hall–Kier alpha value is -1.08. The maximum absolute atomic E-state index is 12.3. The van der Waals surface area contributed by atoms with Crippen molar-refractivity contribution in [1.82, 2.24) is 9.80 Å². The highest BCUT2D eigenvalue weighted by atomic mass is 16.2. The highest BCUT2D eigenvalue weighted by Gasteiger charge is 2.44. The third kappa shape index (κ3) is 2.19. The predicted octanol–water partition coefficient (Wildman–Crippen LogP) is 1.23. The molecule has 1 unspecified atom stereocenters. The van der Waals surface area contributed by atoms with E-state index in [0.717, 1.165) is 6.54 Å². The van der Waals surface area contributed by atoms with Crippen LogP contribution in [-0.4, -0.2) is 46.9 Å². The highest BCUT2D eigenvalue weighted by molar-refractivity contribution is 5.84. The van der Waals surface area contributed by atoms with Crippen LogP contribution in [0.5, 0.6) is 0 Å². The Labute approximate surface area is 97.8 Å². The van der Waals surface area contributed by atoms with Gasteiger partial charge in [-0.05, 0) is 34.7 Å². The molecule has 0 spiro atoms. The van der Waals surface area contributed by atoms with E-state index in [1.54, 1.807) is 0 Å². The van der Waals surface area contributed by atoms with E-state index >= 15 is 0 Å². The van der Waals surface area contributed by atoms with Gasteiger partial charge in [-0.15, -0.1) is 0 Å². The van der Waals surface area contributed by atoms with Gasteiger partial charge < -0.3 is 4.90 Å². The fourth-order valence-corrected chi connectivity index (χ4v) is 2.73. The van der Waals surface area contributed by atoms with E-state index in [1.807, 2.05) is 30.7 Å². The Bertz CT molecular complexity index is 317. The summed E-state index contributed by atoms with van der Waals surface area (Å²) >= 11 is 0. The monoisotopic (exact) mass is 223 g/mol. The lowest BCUT2D eigenvalue weighted by Crippen LogP contribution is -2.66. The van der Waals surface area contributed by atoms with Crippen LogP contribution in [0, 0.1) is 11.3 Å². The first-order chi connectivity index (χ1) is 7.31. The van der Waals surface area contributed by atoms with Crippen molar-refractivity contribution in [3.63, 3.8) is 0 Å². The highest BCUT2D eigenvalue weighted by Crippen LogP contribution is 2.27. The molecule has 0 saturated carbocycles. The third-order valence-corrected chi connectivity index (χ3v) is 3.14. The van der Waals surface area contributed by atoms with E-state index in [1.165, 1.54) is 0 Å². The van der Waals surface area contributed by atoms with Gasteiger partial charge in [-0.2, -0.15) is 5.26 Å². The van der Waals surface area contributed by atoms with Crippen LogP contribution < -0.4 is 0 Å². The molecule has 1 heterocycles. The van der Waals surface area contributed by atoms with Crippen LogP contribution >= 0.6 is 0 Å². The summed E-state index contributed by atoms with van der Waals surface area (Å²) in [5.41, 5.74) is -0.161. The molecule has 1 saturated heterocycles. The van der Waals surface area contributed by atoms with Gasteiger partial charge >= 0.3 is 0 Å². The lowest BCUT2D eigenvalue weighted by Gasteiger charge is -2.51. The third-order valence-electron chi connectivity index (χ3n) is 3.14. The molecule has 0 aromatic carbocycles. The van der Waals surface area contributed by atoms with Gasteiger partial charge in [0.15, 0.2) is 0 Å².